The molecule has 0 aliphatic rings. The predicted molar refractivity (Wildman–Crippen MR) is 55.3 cm³/mol. The molecule has 0 aliphatic carbocycles. The van der Waals surface area contributed by atoms with Gasteiger partial charge in [0.15, 0.2) is 0 Å². The topological polar surface area (TPSA) is 61.3 Å². The Morgan fingerprint density at radius 2 is 1.38 bits per heavy atom. The summed E-state index contributed by atoms with van der Waals surface area (Å²) in [6.07, 6.45) is -4.93. The number of esters is 1. The molecule has 0 aliphatic heterocycles. The highest BCUT2D eigenvalue weighted by Gasteiger charge is 2.47. The Balaban J connectivity index is 0. The molecule has 0 aromatic rings. The Bertz CT molecular complexity index is 229. The molecule has 0 fully saturated rings. The van der Waals surface area contributed by atoms with Gasteiger partial charge in [-0.25, -0.2) is 4.79 Å². The molecule has 3 N–H and O–H groups in total. The van der Waals surface area contributed by atoms with Gasteiger partial charge < -0.3 is 10.9 Å². The van der Waals surface area contributed by atoms with Gasteiger partial charge in [0, 0.05) is 0 Å². The highest BCUT2D eigenvalue weighted by atomic mass is 19.4. The van der Waals surface area contributed by atoms with Gasteiger partial charge in [0.25, 0.3) is 0 Å². The van der Waals surface area contributed by atoms with Gasteiger partial charge in [-0.3, -0.25) is 0 Å². The molecular formula is C10H20F3NO2. The lowest BCUT2D eigenvalue weighted by molar-refractivity contribution is -0.220. The van der Waals surface area contributed by atoms with E-state index in [1.54, 1.807) is 27.7 Å². The van der Waals surface area contributed by atoms with Crippen molar-refractivity contribution in [2.24, 2.45) is 11.8 Å². The summed E-state index contributed by atoms with van der Waals surface area (Å²) < 4.78 is 40.7. The number of hydrogen-bond acceptors (Lipinski definition) is 3. The minimum absolute atomic E-state index is 0. The fourth-order valence-electron chi connectivity index (χ4n) is 1.16. The van der Waals surface area contributed by atoms with E-state index in [1.165, 1.54) is 6.92 Å². The first-order valence-electron chi connectivity index (χ1n) is 4.82. The maximum Gasteiger partial charge on any atom is 0.490 e. The number of ether oxygens (including phenoxy) is 1. The summed E-state index contributed by atoms with van der Waals surface area (Å²) in [5, 5.41) is 0. The SMILES string of the molecule is CC(C)C(C)(OC(=O)C(F)(F)F)C(C)C.N. The Kier molecular flexibility index (Phi) is 6.07. The van der Waals surface area contributed by atoms with Gasteiger partial charge in [0.2, 0.25) is 0 Å². The minimum atomic E-state index is -4.93. The average Bonchev–Trinajstić information content (AvgIpc) is 2.01. The van der Waals surface area contributed by atoms with Gasteiger partial charge in [-0.2, -0.15) is 13.2 Å². The van der Waals surface area contributed by atoms with Crippen LogP contribution in [0, 0.1) is 11.8 Å². The van der Waals surface area contributed by atoms with Gasteiger partial charge in [-0.15, -0.1) is 0 Å². The van der Waals surface area contributed by atoms with Crippen molar-refractivity contribution in [3.8, 4) is 0 Å². The van der Waals surface area contributed by atoms with Crippen LogP contribution in [0.15, 0.2) is 0 Å². The second kappa shape index (κ2) is 5.52. The molecule has 0 radical (unpaired) electrons. The zero-order chi connectivity index (χ0) is 12.4. The third kappa shape index (κ3) is 4.00. The molecule has 0 saturated heterocycles. The first-order valence-corrected chi connectivity index (χ1v) is 4.82. The number of rotatable bonds is 3. The molecule has 0 unspecified atom stereocenters. The molecule has 0 rings (SSSR count). The zero-order valence-electron chi connectivity index (χ0n) is 10.3. The summed E-state index contributed by atoms with van der Waals surface area (Å²) >= 11 is 0. The average molecular weight is 243 g/mol. The second-order valence-electron chi connectivity index (χ2n) is 4.38. The van der Waals surface area contributed by atoms with Crippen LogP contribution < -0.4 is 6.15 Å². The van der Waals surface area contributed by atoms with Crippen molar-refractivity contribution >= 4 is 5.97 Å². The number of carbonyl (C=O) groups is 1. The van der Waals surface area contributed by atoms with Crippen LogP contribution >= 0.6 is 0 Å². The Hall–Kier alpha value is -0.780. The smallest absolute Gasteiger partial charge is 0.452 e. The van der Waals surface area contributed by atoms with Crippen LogP contribution in [0.1, 0.15) is 34.6 Å². The van der Waals surface area contributed by atoms with E-state index >= 15 is 0 Å². The van der Waals surface area contributed by atoms with Crippen molar-refractivity contribution in [2.45, 2.75) is 46.4 Å². The van der Waals surface area contributed by atoms with Crippen LogP contribution in [0.4, 0.5) is 13.2 Å². The third-order valence-corrected chi connectivity index (χ3v) is 2.84. The van der Waals surface area contributed by atoms with Crippen LogP contribution in [-0.2, 0) is 9.53 Å². The number of alkyl halides is 3. The van der Waals surface area contributed by atoms with Crippen molar-refractivity contribution in [3.63, 3.8) is 0 Å². The highest BCUT2D eigenvalue weighted by Crippen LogP contribution is 2.32. The fourth-order valence-corrected chi connectivity index (χ4v) is 1.16. The summed E-state index contributed by atoms with van der Waals surface area (Å²) in [5.41, 5.74) is -1.09. The summed E-state index contributed by atoms with van der Waals surface area (Å²) in [6.45, 7) is 8.42. The molecule has 0 saturated carbocycles. The van der Waals surface area contributed by atoms with E-state index in [1.807, 2.05) is 0 Å². The Morgan fingerprint density at radius 1 is 1.06 bits per heavy atom. The lowest BCUT2D eigenvalue weighted by atomic mass is 9.82. The molecule has 0 spiro atoms. The summed E-state index contributed by atoms with van der Waals surface area (Å²) in [6, 6.07) is 0. The lowest BCUT2D eigenvalue weighted by Gasteiger charge is -2.37. The molecule has 0 aromatic carbocycles. The summed E-state index contributed by atoms with van der Waals surface area (Å²) in [5.74, 6) is -2.47. The molecule has 3 nitrogen and oxygen atoms in total. The van der Waals surface area contributed by atoms with E-state index in [9.17, 15) is 18.0 Å². The Labute approximate surface area is 93.9 Å². The molecule has 0 heterocycles. The summed E-state index contributed by atoms with van der Waals surface area (Å²) in [7, 11) is 0. The third-order valence-electron chi connectivity index (χ3n) is 2.84. The first-order chi connectivity index (χ1) is 6.51. The van der Waals surface area contributed by atoms with E-state index in [4.69, 9.17) is 0 Å². The van der Waals surface area contributed by atoms with Crippen LogP contribution in [0.2, 0.25) is 0 Å². The monoisotopic (exact) mass is 243 g/mol. The molecule has 0 aromatic heterocycles. The standard InChI is InChI=1S/C10H17F3O2.H3N/c1-6(2)9(5,7(3)4)15-8(14)10(11,12)13;/h6-7H,1-5H3;1H3. The van der Waals surface area contributed by atoms with E-state index < -0.39 is 17.7 Å². The molecule has 0 atom stereocenters. The van der Waals surface area contributed by atoms with E-state index in [-0.39, 0.29) is 18.0 Å². The van der Waals surface area contributed by atoms with Gasteiger partial charge in [-0.05, 0) is 18.8 Å². The number of halogens is 3. The molecule has 0 amide bonds. The number of carbonyl (C=O) groups excluding carboxylic acids is 1. The van der Waals surface area contributed by atoms with Crippen LogP contribution in [0.5, 0.6) is 0 Å². The van der Waals surface area contributed by atoms with Crippen molar-refractivity contribution in [1.82, 2.24) is 6.15 Å². The second-order valence-corrected chi connectivity index (χ2v) is 4.38. The van der Waals surface area contributed by atoms with Crippen molar-refractivity contribution in [1.29, 1.82) is 0 Å². The van der Waals surface area contributed by atoms with Gasteiger partial charge in [0.1, 0.15) is 5.60 Å². The Morgan fingerprint density at radius 3 is 1.56 bits per heavy atom. The highest BCUT2D eigenvalue weighted by molar-refractivity contribution is 5.76. The lowest BCUT2D eigenvalue weighted by Crippen LogP contribution is -2.45. The van der Waals surface area contributed by atoms with Gasteiger partial charge in [0.05, 0.1) is 0 Å². The zero-order valence-corrected chi connectivity index (χ0v) is 10.3. The predicted octanol–water partition coefficient (Wildman–Crippen LogP) is 3.32. The normalized spacial score (nSPS) is 12.6. The quantitative estimate of drug-likeness (QED) is 0.773. The molecular weight excluding hydrogens is 223 g/mol. The van der Waals surface area contributed by atoms with Crippen molar-refractivity contribution in [2.75, 3.05) is 0 Å². The molecule has 98 valence electrons. The van der Waals surface area contributed by atoms with E-state index in [0.29, 0.717) is 0 Å². The van der Waals surface area contributed by atoms with E-state index in [2.05, 4.69) is 4.74 Å². The van der Waals surface area contributed by atoms with Crippen molar-refractivity contribution < 1.29 is 22.7 Å². The molecule has 0 bridgehead atoms. The first kappa shape index (κ1) is 17.6. The number of hydrogen-bond donors (Lipinski definition) is 1. The van der Waals surface area contributed by atoms with Gasteiger partial charge >= 0.3 is 12.1 Å². The fraction of sp³-hybridized carbons (Fsp3) is 0.900. The van der Waals surface area contributed by atoms with E-state index in [0.717, 1.165) is 0 Å². The minimum Gasteiger partial charge on any atom is -0.452 e. The molecule has 6 heteroatoms. The van der Waals surface area contributed by atoms with Gasteiger partial charge in [-0.1, -0.05) is 27.7 Å². The maximum atomic E-state index is 12.0. The van der Waals surface area contributed by atoms with Crippen LogP contribution in [0.25, 0.3) is 0 Å². The summed E-state index contributed by atoms with van der Waals surface area (Å²) in [4.78, 5) is 10.7. The largest absolute Gasteiger partial charge is 0.490 e. The van der Waals surface area contributed by atoms with Crippen LogP contribution in [0.3, 0.4) is 0 Å². The van der Waals surface area contributed by atoms with Crippen molar-refractivity contribution in [3.05, 3.63) is 0 Å². The maximum absolute atomic E-state index is 12.0. The van der Waals surface area contributed by atoms with Crippen LogP contribution in [-0.4, -0.2) is 17.7 Å². The molecule has 16 heavy (non-hydrogen) atoms.